The average molecular weight is 610 g/mol. The van der Waals surface area contributed by atoms with Crippen molar-refractivity contribution in [3.05, 3.63) is 152 Å². The molecule has 1 aliphatic heterocycles. The normalized spacial score (nSPS) is 13.3. The number of thiophene rings is 1. The topological polar surface area (TPSA) is 3.24 Å². The summed E-state index contributed by atoms with van der Waals surface area (Å²) in [6.45, 7) is 5.07. The van der Waals surface area contributed by atoms with Crippen LogP contribution in [-0.4, -0.2) is 8.07 Å². The largest absolute Gasteiger partial charge is 0.311 e. The molecular weight excluding hydrogens is 579 g/mol. The Morgan fingerprint density at radius 2 is 1.24 bits per heavy atom. The maximum atomic E-state index is 2.54. The van der Waals surface area contributed by atoms with Gasteiger partial charge in [0.25, 0.3) is 0 Å². The van der Waals surface area contributed by atoms with Gasteiger partial charge in [0, 0.05) is 37.2 Å². The number of hydrogen-bond acceptors (Lipinski definition) is 2. The van der Waals surface area contributed by atoms with Crippen LogP contribution in [-0.2, 0) is 0 Å². The first kappa shape index (κ1) is 26.4. The highest BCUT2D eigenvalue weighted by molar-refractivity contribution is 7.26. The van der Waals surface area contributed by atoms with Crippen molar-refractivity contribution in [1.82, 2.24) is 0 Å². The maximum Gasteiger partial charge on any atom is 0.116 e. The molecule has 0 N–H and O–H groups in total. The fourth-order valence-corrected chi connectivity index (χ4v) is 12.0. The smallest absolute Gasteiger partial charge is 0.116 e. The molecular formula is C42H31NSSi. The van der Waals surface area contributed by atoms with Crippen molar-refractivity contribution in [3.63, 3.8) is 0 Å². The molecule has 0 fully saturated rings. The highest BCUT2D eigenvalue weighted by atomic mass is 32.1. The number of hydrogen-bond donors (Lipinski definition) is 0. The van der Waals surface area contributed by atoms with Crippen molar-refractivity contribution in [2.45, 2.75) is 13.1 Å². The Bertz CT molecular complexity index is 2400. The van der Waals surface area contributed by atoms with Gasteiger partial charge in [-0.2, -0.15) is 0 Å². The lowest BCUT2D eigenvalue weighted by molar-refractivity contribution is 1.29. The molecule has 0 bridgehead atoms. The van der Waals surface area contributed by atoms with Crippen molar-refractivity contribution in [2.24, 2.45) is 0 Å². The van der Waals surface area contributed by atoms with Crippen LogP contribution in [0.2, 0.25) is 13.1 Å². The summed E-state index contributed by atoms with van der Waals surface area (Å²) in [6.07, 6.45) is 0. The Morgan fingerprint density at radius 3 is 2.09 bits per heavy atom. The van der Waals surface area contributed by atoms with Crippen molar-refractivity contribution in [2.75, 3.05) is 4.90 Å². The van der Waals surface area contributed by atoms with Gasteiger partial charge >= 0.3 is 0 Å². The Kier molecular flexibility index (Phi) is 5.89. The van der Waals surface area contributed by atoms with Crippen LogP contribution < -0.4 is 15.3 Å². The van der Waals surface area contributed by atoms with E-state index in [1.807, 2.05) is 11.3 Å². The second-order valence-electron chi connectivity index (χ2n) is 12.6. The van der Waals surface area contributed by atoms with Gasteiger partial charge in [-0.15, -0.1) is 11.3 Å². The molecule has 45 heavy (non-hydrogen) atoms. The molecule has 1 aliphatic rings. The fourth-order valence-electron chi connectivity index (χ4n) is 7.52. The van der Waals surface area contributed by atoms with Gasteiger partial charge in [-0.05, 0) is 91.9 Å². The summed E-state index contributed by atoms with van der Waals surface area (Å²) in [6, 6.07) is 56.0. The lowest BCUT2D eigenvalue weighted by Gasteiger charge is -2.31. The summed E-state index contributed by atoms with van der Waals surface area (Å²) in [5.41, 5.74) is 8.97. The molecule has 2 heterocycles. The fraction of sp³-hybridized carbons (Fsp3) is 0.0476. The first-order chi connectivity index (χ1) is 22.1. The monoisotopic (exact) mass is 609 g/mol. The van der Waals surface area contributed by atoms with Gasteiger partial charge in [0.1, 0.15) is 8.07 Å². The molecule has 0 saturated heterocycles. The average Bonchev–Trinajstić information content (AvgIpc) is 3.58. The Labute approximate surface area is 268 Å². The van der Waals surface area contributed by atoms with E-state index in [-0.39, 0.29) is 0 Å². The number of para-hydroxylation sites is 1. The van der Waals surface area contributed by atoms with Crippen LogP contribution in [0, 0.1) is 0 Å². The first-order valence-corrected chi connectivity index (χ1v) is 19.4. The second-order valence-corrected chi connectivity index (χ2v) is 17.9. The van der Waals surface area contributed by atoms with Gasteiger partial charge in [-0.3, -0.25) is 0 Å². The summed E-state index contributed by atoms with van der Waals surface area (Å²) < 4.78 is 2.74. The Hall–Kier alpha value is -4.96. The van der Waals surface area contributed by atoms with Crippen molar-refractivity contribution in [1.29, 1.82) is 0 Å². The molecule has 0 unspecified atom stereocenters. The minimum absolute atomic E-state index is 1.17. The van der Waals surface area contributed by atoms with Gasteiger partial charge in [-0.25, -0.2) is 0 Å². The van der Waals surface area contributed by atoms with E-state index in [1.165, 1.54) is 75.4 Å². The SMILES string of the molecule is C[Si]1(C)c2ccc3sc4ccccc4c3c2-c2cccc(N(c3ccccc3)c3ccc(-c4ccc5ccccc5c4)cc3)c21. The van der Waals surface area contributed by atoms with Crippen LogP contribution in [0.1, 0.15) is 0 Å². The minimum atomic E-state index is -2.06. The van der Waals surface area contributed by atoms with Crippen molar-refractivity contribution >= 4 is 77.8 Å². The predicted molar refractivity (Wildman–Crippen MR) is 199 cm³/mol. The van der Waals surface area contributed by atoms with Crippen LogP contribution >= 0.6 is 11.3 Å². The van der Waals surface area contributed by atoms with Gasteiger partial charge < -0.3 is 4.90 Å². The molecule has 0 saturated carbocycles. The van der Waals surface area contributed by atoms with Crippen molar-refractivity contribution < 1.29 is 0 Å². The van der Waals surface area contributed by atoms with E-state index in [1.54, 1.807) is 5.19 Å². The molecule has 7 aromatic carbocycles. The molecule has 0 aliphatic carbocycles. The Balaban J connectivity index is 1.23. The molecule has 3 heteroatoms. The predicted octanol–water partition coefficient (Wildman–Crippen LogP) is 11.1. The van der Waals surface area contributed by atoms with E-state index in [4.69, 9.17) is 0 Å². The third kappa shape index (κ3) is 4.05. The summed E-state index contributed by atoms with van der Waals surface area (Å²) in [5.74, 6) is 0. The van der Waals surface area contributed by atoms with Crippen LogP contribution in [0.5, 0.6) is 0 Å². The lowest BCUT2D eigenvalue weighted by atomic mass is 9.98. The number of benzene rings is 7. The van der Waals surface area contributed by atoms with E-state index in [2.05, 4.69) is 170 Å². The quantitative estimate of drug-likeness (QED) is 0.179. The number of fused-ring (bicyclic) bond motifs is 8. The van der Waals surface area contributed by atoms with E-state index in [0.29, 0.717) is 0 Å². The number of nitrogens with zero attached hydrogens (tertiary/aromatic N) is 1. The molecule has 0 spiro atoms. The molecule has 0 atom stereocenters. The van der Waals surface area contributed by atoms with Crippen molar-refractivity contribution in [3.8, 4) is 22.3 Å². The van der Waals surface area contributed by atoms with Gasteiger partial charge in [0.2, 0.25) is 0 Å². The van der Waals surface area contributed by atoms with Gasteiger partial charge in [0.05, 0.1) is 0 Å². The van der Waals surface area contributed by atoms with E-state index in [0.717, 1.165) is 0 Å². The third-order valence-corrected chi connectivity index (χ3v) is 14.3. The molecule has 9 rings (SSSR count). The summed E-state index contributed by atoms with van der Waals surface area (Å²) in [4.78, 5) is 2.48. The summed E-state index contributed by atoms with van der Waals surface area (Å²) in [5, 5.41) is 8.40. The first-order valence-electron chi connectivity index (χ1n) is 15.6. The summed E-state index contributed by atoms with van der Waals surface area (Å²) >= 11 is 1.91. The van der Waals surface area contributed by atoms with E-state index >= 15 is 0 Å². The van der Waals surface area contributed by atoms with Gasteiger partial charge in [-0.1, -0.05) is 116 Å². The minimum Gasteiger partial charge on any atom is -0.311 e. The lowest BCUT2D eigenvalue weighted by Crippen LogP contribution is -2.50. The van der Waals surface area contributed by atoms with Crippen LogP contribution in [0.3, 0.4) is 0 Å². The molecule has 8 aromatic rings. The highest BCUT2D eigenvalue weighted by Crippen LogP contribution is 2.45. The zero-order valence-electron chi connectivity index (χ0n) is 25.3. The molecule has 214 valence electrons. The van der Waals surface area contributed by atoms with Gasteiger partial charge in [0.15, 0.2) is 0 Å². The standard InChI is InChI=1S/C42H31NSSi/c1-45(2)39-26-25-38-40(34-15-8-9-18-37(34)44-38)41(39)35-16-10-17-36(42(35)45)43(32-13-4-3-5-14-32)33-23-21-29(22-24-33)31-20-19-28-11-6-7-12-30(28)27-31/h3-27H,1-2H3. The van der Waals surface area contributed by atoms with E-state index < -0.39 is 8.07 Å². The maximum absolute atomic E-state index is 2.54. The number of anilines is 3. The zero-order chi connectivity index (χ0) is 30.1. The van der Waals surface area contributed by atoms with E-state index in [9.17, 15) is 0 Å². The zero-order valence-corrected chi connectivity index (χ0v) is 27.1. The van der Waals surface area contributed by atoms with Crippen LogP contribution in [0.15, 0.2) is 152 Å². The third-order valence-electron chi connectivity index (χ3n) is 9.62. The molecule has 0 amide bonds. The Morgan fingerprint density at radius 1 is 0.533 bits per heavy atom. The molecule has 0 radical (unpaired) electrons. The highest BCUT2D eigenvalue weighted by Gasteiger charge is 2.42. The molecule has 1 aromatic heterocycles. The van der Waals surface area contributed by atoms with Crippen LogP contribution in [0.25, 0.3) is 53.2 Å². The molecule has 1 nitrogen and oxygen atoms in total. The van der Waals surface area contributed by atoms with Crippen LogP contribution in [0.4, 0.5) is 17.1 Å². The second kappa shape index (κ2) is 10.0. The number of rotatable bonds is 4. The summed E-state index contributed by atoms with van der Waals surface area (Å²) in [7, 11) is -2.06.